The van der Waals surface area contributed by atoms with Crippen LogP contribution in [-0.4, -0.2) is 20.1 Å². The van der Waals surface area contributed by atoms with Crippen LogP contribution in [0.2, 0.25) is 0 Å². The van der Waals surface area contributed by atoms with Crippen LogP contribution in [0.15, 0.2) is 59.5 Å². The van der Waals surface area contributed by atoms with Gasteiger partial charge >= 0.3 is 5.97 Å². The summed E-state index contributed by atoms with van der Waals surface area (Å²) in [5.74, 6) is -0.266. The van der Waals surface area contributed by atoms with E-state index >= 15 is 0 Å². The smallest absolute Gasteiger partial charge is 0.346 e. The Hall–Kier alpha value is -2.20. The van der Waals surface area contributed by atoms with E-state index in [9.17, 15) is 4.79 Å². The maximum Gasteiger partial charge on any atom is 0.346 e. The topological polar surface area (TPSA) is 29.5 Å². The Morgan fingerprint density at radius 1 is 1.04 bits per heavy atom. The van der Waals surface area contributed by atoms with Gasteiger partial charge in [0.05, 0.1) is 4.91 Å². The summed E-state index contributed by atoms with van der Waals surface area (Å²) in [6.45, 7) is 1.93. The second-order valence-electron chi connectivity index (χ2n) is 5.80. The highest BCUT2D eigenvalue weighted by Crippen LogP contribution is 2.48. The molecule has 0 radical (unpaired) electrons. The summed E-state index contributed by atoms with van der Waals surface area (Å²) in [5.41, 5.74) is 3.11. The van der Waals surface area contributed by atoms with Crippen LogP contribution >= 0.6 is 11.8 Å². The van der Waals surface area contributed by atoms with Crippen molar-refractivity contribution < 1.29 is 9.53 Å². The van der Waals surface area contributed by atoms with Crippen LogP contribution in [0, 0.1) is 0 Å². The zero-order chi connectivity index (χ0) is 16.4. The molecule has 1 unspecified atom stereocenters. The summed E-state index contributed by atoms with van der Waals surface area (Å²) in [6, 6.07) is 17.9. The predicted octanol–water partition coefficient (Wildman–Crippen LogP) is 4.26. The molecule has 0 N–H and O–H groups in total. The predicted molar refractivity (Wildman–Crippen MR) is 96.2 cm³/mol. The number of anilines is 1. The highest BCUT2D eigenvalue weighted by atomic mass is 32.2. The van der Waals surface area contributed by atoms with Gasteiger partial charge in [0, 0.05) is 25.3 Å². The lowest BCUT2D eigenvalue weighted by molar-refractivity contribution is -0.143. The first-order chi connectivity index (χ1) is 11.0. The zero-order valence-electron chi connectivity index (χ0n) is 13.4. The highest BCUT2D eigenvalue weighted by Gasteiger charge is 2.42. The maximum absolute atomic E-state index is 12.2. The van der Waals surface area contributed by atoms with Gasteiger partial charge in [-0.15, -0.1) is 0 Å². The maximum atomic E-state index is 12.2. The lowest BCUT2D eigenvalue weighted by Crippen LogP contribution is -2.17. The molecule has 1 atom stereocenters. The molecule has 0 saturated carbocycles. The Kier molecular flexibility index (Phi) is 4.18. The van der Waals surface area contributed by atoms with Crippen molar-refractivity contribution in [2.24, 2.45) is 0 Å². The van der Waals surface area contributed by atoms with Crippen LogP contribution in [0.25, 0.3) is 6.08 Å². The van der Waals surface area contributed by atoms with Crippen molar-refractivity contribution in [3.63, 3.8) is 0 Å². The van der Waals surface area contributed by atoms with Crippen LogP contribution in [0.3, 0.4) is 0 Å². The molecule has 0 aromatic heterocycles. The fourth-order valence-electron chi connectivity index (χ4n) is 2.47. The molecular formula is C19H19NO2S. The molecule has 1 heterocycles. The summed E-state index contributed by atoms with van der Waals surface area (Å²) < 4.78 is 5.63. The number of nitrogens with zero attached hydrogens (tertiary/aromatic N) is 1. The van der Waals surface area contributed by atoms with Crippen LogP contribution in [0.5, 0.6) is 0 Å². The number of benzene rings is 2. The molecule has 0 spiro atoms. The first-order valence-electron chi connectivity index (χ1n) is 7.45. The van der Waals surface area contributed by atoms with E-state index in [2.05, 4.69) is 0 Å². The molecular weight excluding hydrogens is 306 g/mol. The van der Waals surface area contributed by atoms with Gasteiger partial charge in [-0.25, -0.2) is 4.79 Å². The highest BCUT2D eigenvalue weighted by molar-refractivity contribution is 8.05. The summed E-state index contributed by atoms with van der Waals surface area (Å²) in [4.78, 5) is 14.2. The SMILES string of the molecule is CN(C)c1ccc(/C=C2/SC(C)(c3ccccc3)OC2=O)cc1. The Labute approximate surface area is 141 Å². The van der Waals surface area contributed by atoms with E-state index in [1.54, 1.807) is 0 Å². The van der Waals surface area contributed by atoms with Gasteiger partial charge < -0.3 is 9.64 Å². The van der Waals surface area contributed by atoms with Gasteiger partial charge in [-0.1, -0.05) is 54.2 Å². The van der Waals surface area contributed by atoms with Crippen molar-refractivity contribution in [3.8, 4) is 0 Å². The standard InChI is InChI=1S/C19H19NO2S/c1-19(15-7-5-4-6-8-15)22-18(21)17(23-19)13-14-9-11-16(12-10-14)20(2)3/h4-13H,1-3H3/b17-13+. The number of hydrogen-bond acceptors (Lipinski definition) is 4. The van der Waals surface area contributed by atoms with Crippen molar-refractivity contribution in [2.45, 2.75) is 11.9 Å². The third-order valence-electron chi connectivity index (χ3n) is 3.80. The fraction of sp³-hybridized carbons (Fsp3) is 0.211. The van der Waals surface area contributed by atoms with Crippen molar-refractivity contribution in [2.75, 3.05) is 19.0 Å². The molecule has 2 aromatic rings. The van der Waals surface area contributed by atoms with E-state index in [1.807, 2.05) is 86.6 Å². The molecule has 0 bridgehead atoms. The number of rotatable bonds is 3. The minimum absolute atomic E-state index is 0.266. The molecule has 0 aliphatic carbocycles. The molecule has 3 rings (SSSR count). The Morgan fingerprint density at radius 2 is 1.70 bits per heavy atom. The molecule has 1 fully saturated rings. The minimum atomic E-state index is -0.659. The lowest BCUT2D eigenvalue weighted by Gasteiger charge is -2.21. The quantitative estimate of drug-likeness (QED) is 0.623. The normalized spacial score (nSPS) is 22.2. The van der Waals surface area contributed by atoms with Crippen molar-refractivity contribution in [1.82, 2.24) is 0 Å². The first kappa shape index (κ1) is 15.7. The second kappa shape index (κ2) is 6.13. The van der Waals surface area contributed by atoms with Gasteiger partial charge in [0.2, 0.25) is 0 Å². The molecule has 0 amide bonds. The van der Waals surface area contributed by atoms with Crippen LogP contribution in [-0.2, 0) is 14.5 Å². The number of carbonyl (C=O) groups excluding carboxylic acids is 1. The first-order valence-corrected chi connectivity index (χ1v) is 8.26. The van der Waals surface area contributed by atoms with Crippen molar-refractivity contribution in [3.05, 3.63) is 70.6 Å². The van der Waals surface area contributed by atoms with E-state index in [1.165, 1.54) is 11.8 Å². The van der Waals surface area contributed by atoms with E-state index < -0.39 is 4.93 Å². The monoisotopic (exact) mass is 325 g/mol. The molecule has 3 nitrogen and oxygen atoms in total. The third-order valence-corrected chi connectivity index (χ3v) is 5.01. The number of hydrogen-bond donors (Lipinski definition) is 0. The number of thioether (sulfide) groups is 1. The average Bonchev–Trinajstić information content (AvgIpc) is 2.84. The van der Waals surface area contributed by atoms with Gasteiger partial charge in [0.25, 0.3) is 0 Å². The molecule has 23 heavy (non-hydrogen) atoms. The fourth-order valence-corrected chi connectivity index (χ4v) is 3.58. The van der Waals surface area contributed by atoms with E-state index in [4.69, 9.17) is 4.74 Å². The Morgan fingerprint density at radius 3 is 2.30 bits per heavy atom. The van der Waals surface area contributed by atoms with Crippen molar-refractivity contribution >= 4 is 29.5 Å². The number of ether oxygens (including phenoxy) is 1. The molecule has 1 aliphatic heterocycles. The van der Waals surface area contributed by atoms with Gasteiger partial charge in [-0.05, 0) is 30.7 Å². The molecule has 1 saturated heterocycles. The molecule has 4 heteroatoms. The largest absolute Gasteiger partial charge is 0.439 e. The average molecular weight is 325 g/mol. The Bertz CT molecular complexity index is 738. The van der Waals surface area contributed by atoms with Crippen LogP contribution in [0.1, 0.15) is 18.1 Å². The molecule has 1 aliphatic rings. The van der Waals surface area contributed by atoms with Gasteiger partial charge in [0.15, 0.2) is 4.93 Å². The lowest BCUT2D eigenvalue weighted by atomic mass is 10.1. The second-order valence-corrected chi connectivity index (χ2v) is 7.22. The Balaban J connectivity index is 1.85. The zero-order valence-corrected chi connectivity index (χ0v) is 14.3. The van der Waals surface area contributed by atoms with Crippen molar-refractivity contribution in [1.29, 1.82) is 0 Å². The van der Waals surface area contributed by atoms with Gasteiger partial charge in [-0.3, -0.25) is 0 Å². The minimum Gasteiger partial charge on any atom is -0.439 e. The van der Waals surface area contributed by atoms with Crippen LogP contribution < -0.4 is 4.90 Å². The molecule has 118 valence electrons. The van der Waals surface area contributed by atoms with E-state index in [-0.39, 0.29) is 5.97 Å². The summed E-state index contributed by atoms with van der Waals surface area (Å²) >= 11 is 1.46. The number of cyclic esters (lactones) is 1. The number of carbonyl (C=O) groups is 1. The summed E-state index contributed by atoms with van der Waals surface area (Å²) in [6.07, 6.45) is 1.89. The van der Waals surface area contributed by atoms with Gasteiger partial charge in [0.1, 0.15) is 0 Å². The van der Waals surface area contributed by atoms with Gasteiger partial charge in [-0.2, -0.15) is 0 Å². The number of esters is 1. The third kappa shape index (κ3) is 3.27. The summed E-state index contributed by atoms with van der Waals surface area (Å²) in [5, 5.41) is 0. The van der Waals surface area contributed by atoms with E-state index in [0.29, 0.717) is 4.91 Å². The van der Waals surface area contributed by atoms with Crippen LogP contribution in [0.4, 0.5) is 5.69 Å². The summed E-state index contributed by atoms with van der Waals surface area (Å²) in [7, 11) is 4.01. The van der Waals surface area contributed by atoms with E-state index in [0.717, 1.165) is 16.8 Å². The molecule has 2 aromatic carbocycles.